The van der Waals surface area contributed by atoms with Gasteiger partial charge in [0, 0.05) is 27.6 Å². The summed E-state index contributed by atoms with van der Waals surface area (Å²) in [7, 11) is 0. The summed E-state index contributed by atoms with van der Waals surface area (Å²) in [6.45, 7) is 8.18. The fraction of sp³-hybridized carbons (Fsp3) is 0.227. The van der Waals surface area contributed by atoms with Gasteiger partial charge in [0.05, 0.1) is 22.8 Å². The van der Waals surface area contributed by atoms with Crippen LogP contribution in [0.2, 0.25) is 5.02 Å². The van der Waals surface area contributed by atoms with Crippen molar-refractivity contribution >= 4 is 33.4 Å². The maximum Gasteiger partial charge on any atom is 0.119 e. The number of hydrogen-bond donors (Lipinski definition) is 1. The largest absolute Gasteiger partial charge is 0.491 e. The lowest BCUT2D eigenvalue weighted by Crippen LogP contribution is -2.05. The molecule has 4 rings (SSSR count). The fourth-order valence-corrected chi connectivity index (χ4v) is 3.74. The first-order valence-electron chi connectivity index (χ1n) is 8.78. The number of rotatable bonds is 3. The average molecular weight is 365 g/mol. The van der Waals surface area contributed by atoms with E-state index < -0.39 is 0 Å². The van der Waals surface area contributed by atoms with Gasteiger partial charge < -0.3 is 9.72 Å². The van der Waals surface area contributed by atoms with E-state index in [0.29, 0.717) is 0 Å². The number of nitrogens with zero attached hydrogens (tertiary/aromatic N) is 1. The van der Waals surface area contributed by atoms with E-state index >= 15 is 0 Å². The van der Waals surface area contributed by atoms with Crippen LogP contribution in [0.5, 0.6) is 5.75 Å². The Morgan fingerprint density at radius 3 is 2.50 bits per heavy atom. The van der Waals surface area contributed by atoms with Crippen LogP contribution in [0.3, 0.4) is 0 Å². The molecule has 0 amide bonds. The molecule has 0 spiro atoms. The number of H-pyrrole nitrogens is 1. The molecule has 0 unspecified atom stereocenters. The maximum atomic E-state index is 6.47. The van der Waals surface area contributed by atoms with Gasteiger partial charge in [0.25, 0.3) is 0 Å². The molecule has 2 aromatic carbocycles. The second-order valence-electron chi connectivity index (χ2n) is 6.96. The van der Waals surface area contributed by atoms with E-state index in [1.54, 1.807) is 0 Å². The summed E-state index contributed by atoms with van der Waals surface area (Å²) in [5.41, 5.74) is 6.52. The van der Waals surface area contributed by atoms with Crippen molar-refractivity contribution in [3.63, 3.8) is 0 Å². The van der Waals surface area contributed by atoms with E-state index in [9.17, 15) is 0 Å². The third-order valence-electron chi connectivity index (χ3n) is 4.64. The third kappa shape index (κ3) is 2.82. The van der Waals surface area contributed by atoms with Crippen molar-refractivity contribution < 1.29 is 4.74 Å². The topological polar surface area (TPSA) is 37.9 Å². The molecule has 4 heteroatoms. The standard InChI is InChI=1S/C22H21ClN2O/c1-12(2)26-16-5-6-17(13(3)9-16)19-10-15(23)11-20-18-7-8-24-14(4)21(18)25-22(19)20/h5-12,25H,1-4H3. The average Bonchev–Trinajstić information content (AvgIpc) is 2.94. The number of pyridine rings is 1. The Labute approximate surface area is 158 Å². The van der Waals surface area contributed by atoms with Gasteiger partial charge in [0.2, 0.25) is 0 Å². The van der Waals surface area contributed by atoms with Gasteiger partial charge in [0.1, 0.15) is 5.75 Å². The van der Waals surface area contributed by atoms with E-state index in [1.165, 1.54) is 0 Å². The normalized spacial score (nSPS) is 11.6. The van der Waals surface area contributed by atoms with E-state index in [-0.39, 0.29) is 6.10 Å². The van der Waals surface area contributed by atoms with Crippen LogP contribution in [-0.4, -0.2) is 16.1 Å². The molecule has 0 aliphatic rings. The number of aromatic amines is 1. The fourth-order valence-electron chi connectivity index (χ4n) is 3.52. The van der Waals surface area contributed by atoms with Crippen molar-refractivity contribution in [3.8, 4) is 16.9 Å². The lowest BCUT2D eigenvalue weighted by atomic mass is 9.98. The number of hydrogen-bond acceptors (Lipinski definition) is 2. The summed E-state index contributed by atoms with van der Waals surface area (Å²) in [5.74, 6) is 0.885. The molecule has 0 aliphatic carbocycles. The highest BCUT2D eigenvalue weighted by Crippen LogP contribution is 2.38. The summed E-state index contributed by atoms with van der Waals surface area (Å²) < 4.78 is 5.82. The van der Waals surface area contributed by atoms with Crippen molar-refractivity contribution in [2.75, 3.05) is 0 Å². The van der Waals surface area contributed by atoms with Crippen molar-refractivity contribution in [1.29, 1.82) is 0 Å². The predicted octanol–water partition coefficient (Wildman–Crippen LogP) is 6.44. The van der Waals surface area contributed by atoms with Gasteiger partial charge in [-0.15, -0.1) is 0 Å². The van der Waals surface area contributed by atoms with Crippen LogP contribution in [0.4, 0.5) is 0 Å². The molecule has 26 heavy (non-hydrogen) atoms. The van der Waals surface area contributed by atoms with Crippen LogP contribution in [0, 0.1) is 13.8 Å². The maximum absolute atomic E-state index is 6.47. The second-order valence-corrected chi connectivity index (χ2v) is 7.40. The molecule has 0 aliphatic heterocycles. The number of aryl methyl sites for hydroxylation is 2. The van der Waals surface area contributed by atoms with Gasteiger partial charge >= 0.3 is 0 Å². The van der Waals surface area contributed by atoms with Crippen molar-refractivity contribution in [3.05, 3.63) is 58.9 Å². The first-order valence-corrected chi connectivity index (χ1v) is 9.16. The highest BCUT2D eigenvalue weighted by Gasteiger charge is 2.14. The number of benzene rings is 2. The molecule has 2 heterocycles. The number of aromatic nitrogens is 2. The lowest BCUT2D eigenvalue weighted by molar-refractivity contribution is 0.242. The molecule has 0 saturated heterocycles. The molecular formula is C22H21ClN2O. The van der Waals surface area contributed by atoms with Crippen LogP contribution in [0.15, 0.2) is 42.6 Å². The molecule has 0 radical (unpaired) electrons. The van der Waals surface area contributed by atoms with E-state index in [2.05, 4.69) is 29.0 Å². The summed E-state index contributed by atoms with van der Waals surface area (Å²) in [6, 6.07) is 12.3. The van der Waals surface area contributed by atoms with Gasteiger partial charge in [-0.05, 0) is 69.2 Å². The van der Waals surface area contributed by atoms with Crippen LogP contribution in [0.25, 0.3) is 32.9 Å². The predicted molar refractivity (Wildman–Crippen MR) is 109 cm³/mol. The zero-order chi connectivity index (χ0) is 18.4. The van der Waals surface area contributed by atoms with Crippen molar-refractivity contribution in [2.24, 2.45) is 0 Å². The van der Waals surface area contributed by atoms with Gasteiger partial charge in [-0.25, -0.2) is 0 Å². The molecule has 1 N–H and O–H groups in total. The molecular weight excluding hydrogens is 344 g/mol. The van der Waals surface area contributed by atoms with Crippen molar-refractivity contribution in [1.82, 2.24) is 9.97 Å². The van der Waals surface area contributed by atoms with Gasteiger partial charge in [-0.3, -0.25) is 4.98 Å². The number of halogens is 1. The quantitative estimate of drug-likeness (QED) is 0.454. The monoisotopic (exact) mass is 364 g/mol. The molecule has 2 aromatic heterocycles. The third-order valence-corrected chi connectivity index (χ3v) is 4.86. The van der Waals surface area contributed by atoms with Crippen LogP contribution >= 0.6 is 11.6 Å². The molecule has 0 bridgehead atoms. The highest BCUT2D eigenvalue weighted by atomic mass is 35.5. The summed E-state index contributed by atoms with van der Waals surface area (Å²) in [5, 5.41) is 2.99. The SMILES string of the molecule is Cc1cc(OC(C)C)ccc1-c1cc(Cl)cc2c1[nH]c1c(C)nccc12. The molecule has 132 valence electrons. The van der Waals surface area contributed by atoms with E-state index in [4.69, 9.17) is 16.3 Å². The van der Waals surface area contributed by atoms with Gasteiger partial charge in [-0.2, -0.15) is 0 Å². The van der Waals surface area contributed by atoms with Crippen LogP contribution in [-0.2, 0) is 0 Å². The Morgan fingerprint density at radius 2 is 1.77 bits per heavy atom. The molecule has 3 nitrogen and oxygen atoms in total. The minimum Gasteiger partial charge on any atom is -0.491 e. The minimum atomic E-state index is 0.155. The number of nitrogens with one attached hydrogen (secondary N) is 1. The van der Waals surface area contributed by atoms with Crippen LogP contribution < -0.4 is 4.74 Å². The zero-order valence-electron chi connectivity index (χ0n) is 15.4. The Bertz CT molecular complexity index is 1130. The van der Waals surface area contributed by atoms with Crippen LogP contribution in [0.1, 0.15) is 25.1 Å². The Balaban J connectivity index is 1.97. The summed E-state index contributed by atoms with van der Waals surface area (Å²) in [4.78, 5) is 7.97. The molecule has 0 atom stereocenters. The van der Waals surface area contributed by atoms with Gasteiger partial charge in [-0.1, -0.05) is 17.7 Å². The first-order chi connectivity index (χ1) is 12.4. The lowest BCUT2D eigenvalue weighted by Gasteiger charge is -2.13. The Hall–Kier alpha value is -2.52. The molecule has 0 fully saturated rings. The zero-order valence-corrected chi connectivity index (χ0v) is 16.1. The van der Waals surface area contributed by atoms with E-state index in [0.717, 1.165) is 55.0 Å². The number of fused-ring (bicyclic) bond motifs is 3. The second kappa shape index (κ2) is 6.33. The minimum absolute atomic E-state index is 0.155. The molecule has 0 saturated carbocycles. The Morgan fingerprint density at radius 1 is 0.962 bits per heavy atom. The number of ether oxygens (including phenoxy) is 1. The highest BCUT2D eigenvalue weighted by molar-refractivity contribution is 6.32. The summed E-state index contributed by atoms with van der Waals surface area (Å²) >= 11 is 6.47. The molecule has 4 aromatic rings. The first kappa shape index (κ1) is 16.9. The van der Waals surface area contributed by atoms with Crippen molar-refractivity contribution in [2.45, 2.75) is 33.8 Å². The smallest absolute Gasteiger partial charge is 0.119 e. The van der Waals surface area contributed by atoms with E-state index in [1.807, 2.05) is 51.2 Å². The Kier molecular flexibility index (Phi) is 4.12. The summed E-state index contributed by atoms with van der Waals surface area (Å²) in [6.07, 6.45) is 2.00. The van der Waals surface area contributed by atoms with Gasteiger partial charge in [0.15, 0.2) is 0 Å².